The first-order valence-electron chi connectivity index (χ1n) is 8.19. The minimum atomic E-state index is -0.857. The lowest BCUT2D eigenvalue weighted by molar-refractivity contribution is 0.0513. The van der Waals surface area contributed by atoms with Crippen molar-refractivity contribution in [3.63, 3.8) is 0 Å². The molecule has 1 aromatic carbocycles. The number of nitrogens with zero attached hydrogens (tertiary/aromatic N) is 3. The second kappa shape index (κ2) is 6.37. The summed E-state index contributed by atoms with van der Waals surface area (Å²) in [4.78, 5) is 31.8. The number of benzene rings is 1. The van der Waals surface area contributed by atoms with E-state index in [0.29, 0.717) is 35.6 Å². The molecule has 24 heavy (non-hydrogen) atoms. The standard InChI is InChI=1S/C18H23N3O3/c1-12(22)20(3)15-16(21-10-8-19(2)9-11-21)18(24)14-7-5-4-6-13(14)17(15)23/h4-7,12,22H,8-11H2,1-3H3. The number of piperazine rings is 1. The average molecular weight is 329 g/mol. The van der Waals surface area contributed by atoms with E-state index in [1.54, 1.807) is 38.2 Å². The van der Waals surface area contributed by atoms with Crippen LogP contribution >= 0.6 is 0 Å². The third-order valence-electron chi connectivity index (χ3n) is 4.80. The predicted octanol–water partition coefficient (Wildman–Crippen LogP) is 0.795. The van der Waals surface area contributed by atoms with Gasteiger partial charge in [-0.2, -0.15) is 0 Å². The Morgan fingerprint density at radius 3 is 2.12 bits per heavy atom. The molecule has 1 fully saturated rings. The Bertz CT molecular complexity index is 703. The summed E-state index contributed by atoms with van der Waals surface area (Å²) in [6.45, 7) is 4.62. The summed E-state index contributed by atoms with van der Waals surface area (Å²) in [6, 6.07) is 6.90. The van der Waals surface area contributed by atoms with E-state index in [1.165, 1.54) is 4.90 Å². The molecular weight excluding hydrogens is 306 g/mol. The highest BCUT2D eigenvalue weighted by Gasteiger charge is 2.38. The lowest BCUT2D eigenvalue weighted by Crippen LogP contribution is -2.48. The van der Waals surface area contributed by atoms with Crippen LogP contribution in [0.3, 0.4) is 0 Å². The number of carbonyl (C=O) groups excluding carboxylic acids is 2. The molecule has 3 rings (SSSR count). The Morgan fingerprint density at radius 2 is 1.58 bits per heavy atom. The molecule has 1 saturated heterocycles. The van der Waals surface area contributed by atoms with Crippen molar-refractivity contribution >= 4 is 11.6 Å². The third-order valence-corrected chi connectivity index (χ3v) is 4.80. The number of fused-ring (bicyclic) bond motifs is 1. The molecule has 1 unspecified atom stereocenters. The monoisotopic (exact) mass is 329 g/mol. The van der Waals surface area contributed by atoms with Gasteiger partial charge in [-0.25, -0.2) is 0 Å². The molecule has 0 aromatic heterocycles. The van der Waals surface area contributed by atoms with E-state index >= 15 is 0 Å². The maximum atomic E-state index is 13.1. The van der Waals surface area contributed by atoms with Gasteiger partial charge in [-0.05, 0) is 14.0 Å². The zero-order valence-corrected chi connectivity index (χ0v) is 14.3. The van der Waals surface area contributed by atoms with Crippen LogP contribution in [0.1, 0.15) is 27.6 Å². The summed E-state index contributed by atoms with van der Waals surface area (Å²) in [5.74, 6) is -0.347. The highest BCUT2D eigenvalue weighted by atomic mass is 16.3. The lowest BCUT2D eigenvalue weighted by Gasteiger charge is -2.39. The predicted molar refractivity (Wildman–Crippen MR) is 90.6 cm³/mol. The zero-order valence-electron chi connectivity index (χ0n) is 14.3. The number of likely N-dealkylation sites (N-methyl/N-ethyl adjacent to an activating group) is 2. The fourth-order valence-electron chi connectivity index (χ4n) is 3.19. The van der Waals surface area contributed by atoms with E-state index in [-0.39, 0.29) is 11.6 Å². The number of ketones is 2. The quantitative estimate of drug-likeness (QED) is 0.828. The highest BCUT2D eigenvalue weighted by Crippen LogP contribution is 2.31. The molecule has 0 saturated carbocycles. The van der Waals surface area contributed by atoms with Gasteiger partial charge in [-0.3, -0.25) is 9.59 Å². The number of carbonyl (C=O) groups is 2. The van der Waals surface area contributed by atoms with Crippen molar-refractivity contribution in [1.29, 1.82) is 0 Å². The fourth-order valence-corrected chi connectivity index (χ4v) is 3.19. The van der Waals surface area contributed by atoms with Crippen LogP contribution in [0.25, 0.3) is 0 Å². The number of aliphatic hydroxyl groups excluding tert-OH is 1. The molecule has 2 aliphatic rings. The topological polar surface area (TPSA) is 64.1 Å². The maximum Gasteiger partial charge on any atom is 0.212 e. The number of rotatable bonds is 3. The Kier molecular flexibility index (Phi) is 4.43. The summed E-state index contributed by atoms with van der Waals surface area (Å²) in [5, 5.41) is 9.98. The number of allylic oxidation sites excluding steroid dienone is 2. The van der Waals surface area contributed by atoms with Crippen LogP contribution in [0.5, 0.6) is 0 Å². The molecule has 1 heterocycles. The van der Waals surface area contributed by atoms with Crippen molar-refractivity contribution in [2.45, 2.75) is 13.2 Å². The molecule has 0 bridgehead atoms. The van der Waals surface area contributed by atoms with E-state index in [4.69, 9.17) is 0 Å². The summed E-state index contributed by atoms with van der Waals surface area (Å²) in [7, 11) is 3.69. The van der Waals surface area contributed by atoms with Crippen molar-refractivity contribution in [3.8, 4) is 0 Å². The summed E-state index contributed by atoms with van der Waals surface area (Å²) < 4.78 is 0. The van der Waals surface area contributed by atoms with Crippen molar-refractivity contribution in [2.24, 2.45) is 0 Å². The van der Waals surface area contributed by atoms with Crippen LogP contribution in [0.2, 0.25) is 0 Å². The number of aliphatic hydroxyl groups is 1. The second-order valence-corrected chi connectivity index (χ2v) is 6.43. The largest absolute Gasteiger partial charge is 0.374 e. The molecule has 0 spiro atoms. The van der Waals surface area contributed by atoms with Gasteiger partial charge in [0.05, 0.1) is 0 Å². The molecule has 0 amide bonds. The van der Waals surface area contributed by atoms with Gasteiger partial charge in [-0.1, -0.05) is 24.3 Å². The minimum absolute atomic E-state index is 0.141. The van der Waals surface area contributed by atoms with Gasteiger partial charge in [0.1, 0.15) is 17.6 Å². The molecule has 1 atom stereocenters. The molecule has 6 nitrogen and oxygen atoms in total. The molecule has 1 aliphatic carbocycles. The van der Waals surface area contributed by atoms with Crippen LogP contribution in [-0.2, 0) is 0 Å². The van der Waals surface area contributed by atoms with Crippen LogP contribution in [0.4, 0.5) is 0 Å². The molecule has 6 heteroatoms. The first-order chi connectivity index (χ1) is 11.4. The van der Waals surface area contributed by atoms with E-state index < -0.39 is 6.23 Å². The van der Waals surface area contributed by atoms with Crippen LogP contribution < -0.4 is 0 Å². The van der Waals surface area contributed by atoms with Crippen LogP contribution in [0.15, 0.2) is 35.7 Å². The van der Waals surface area contributed by atoms with E-state index in [2.05, 4.69) is 4.90 Å². The van der Waals surface area contributed by atoms with Gasteiger partial charge in [0.2, 0.25) is 11.6 Å². The summed E-state index contributed by atoms with van der Waals surface area (Å²) in [6.07, 6.45) is -0.857. The molecule has 128 valence electrons. The van der Waals surface area contributed by atoms with Gasteiger partial charge in [0.15, 0.2) is 0 Å². The number of hydrogen-bond acceptors (Lipinski definition) is 6. The van der Waals surface area contributed by atoms with Crippen molar-refractivity contribution in [3.05, 3.63) is 46.8 Å². The van der Waals surface area contributed by atoms with Crippen LogP contribution in [0, 0.1) is 0 Å². The number of Topliss-reactive ketones (excluding diaryl/α,β-unsaturated/α-hetero) is 2. The normalized spacial score (nSPS) is 20.2. The second-order valence-electron chi connectivity index (χ2n) is 6.43. The average Bonchev–Trinajstić information content (AvgIpc) is 2.58. The van der Waals surface area contributed by atoms with Gasteiger partial charge >= 0.3 is 0 Å². The maximum absolute atomic E-state index is 13.1. The van der Waals surface area contributed by atoms with E-state index in [0.717, 1.165) is 13.1 Å². The first-order valence-corrected chi connectivity index (χ1v) is 8.19. The van der Waals surface area contributed by atoms with Gasteiger partial charge in [0.25, 0.3) is 0 Å². The Hall–Kier alpha value is -2.18. The fraction of sp³-hybridized carbons (Fsp3) is 0.444. The molecule has 1 aliphatic heterocycles. The smallest absolute Gasteiger partial charge is 0.212 e. The third kappa shape index (κ3) is 2.72. The lowest BCUT2D eigenvalue weighted by atomic mass is 9.89. The van der Waals surface area contributed by atoms with Gasteiger partial charge in [0, 0.05) is 44.4 Å². The summed E-state index contributed by atoms with van der Waals surface area (Å²) >= 11 is 0. The highest BCUT2D eigenvalue weighted by molar-refractivity contribution is 6.26. The zero-order chi connectivity index (χ0) is 17.4. The Morgan fingerprint density at radius 1 is 1.04 bits per heavy atom. The summed E-state index contributed by atoms with van der Waals surface area (Å²) in [5.41, 5.74) is 1.55. The van der Waals surface area contributed by atoms with Crippen molar-refractivity contribution < 1.29 is 14.7 Å². The minimum Gasteiger partial charge on any atom is -0.374 e. The number of hydrogen-bond donors (Lipinski definition) is 1. The molecule has 0 radical (unpaired) electrons. The SMILES string of the molecule is CC(O)N(C)C1=C(N2CCN(C)CC2)C(=O)c2ccccc2C1=O. The van der Waals surface area contributed by atoms with E-state index in [1.807, 2.05) is 11.9 Å². The van der Waals surface area contributed by atoms with Crippen LogP contribution in [-0.4, -0.2) is 77.9 Å². The van der Waals surface area contributed by atoms with Crippen molar-refractivity contribution in [2.75, 3.05) is 40.3 Å². The van der Waals surface area contributed by atoms with Gasteiger partial charge < -0.3 is 19.8 Å². The Balaban J connectivity index is 2.12. The Labute approximate surface area is 142 Å². The molecule has 1 N–H and O–H groups in total. The van der Waals surface area contributed by atoms with Gasteiger partial charge in [-0.15, -0.1) is 0 Å². The molecular formula is C18H23N3O3. The molecule has 1 aromatic rings. The first kappa shape index (κ1) is 16.7. The van der Waals surface area contributed by atoms with E-state index in [9.17, 15) is 14.7 Å². The van der Waals surface area contributed by atoms with Crippen molar-refractivity contribution in [1.82, 2.24) is 14.7 Å².